The van der Waals surface area contributed by atoms with E-state index in [4.69, 9.17) is 0 Å². The van der Waals surface area contributed by atoms with Gasteiger partial charge in [0.2, 0.25) is 0 Å². The molecule has 3 aromatic carbocycles. The van der Waals surface area contributed by atoms with Crippen LogP contribution in [0.3, 0.4) is 0 Å². The highest BCUT2D eigenvalue weighted by Gasteiger charge is 2.30. The summed E-state index contributed by atoms with van der Waals surface area (Å²) in [6.07, 6.45) is 1.30. The molecule has 6 nitrogen and oxygen atoms in total. The minimum absolute atomic E-state index is 0.0204. The maximum atomic E-state index is 13.3. The van der Waals surface area contributed by atoms with Crippen molar-refractivity contribution in [2.24, 2.45) is 0 Å². The standard InChI is InChI=1S/C23H23FN2O4S2/c1-16-5-12-23(17(2)14-16)31(27,28)25-20-9-6-18-4-3-13-26(22(18)15-20)32(29,30)21-10-7-19(24)8-11-21/h5-12,14-15,25H,3-4,13H2,1-2H3. The van der Waals surface area contributed by atoms with E-state index >= 15 is 0 Å². The monoisotopic (exact) mass is 474 g/mol. The second kappa shape index (κ2) is 8.22. The third kappa shape index (κ3) is 4.22. The Morgan fingerprint density at radius 1 is 0.906 bits per heavy atom. The summed E-state index contributed by atoms with van der Waals surface area (Å²) < 4.78 is 69.5. The molecular formula is C23H23FN2O4S2. The van der Waals surface area contributed by atoms with Crippen LogP contribution >= 0.6 is 0 Å². The lowest BCUT2D eigenvalue weighted by atomic mass is 10.0. The van der Waals surface area contributed by atoms with Gasteiger partial charge in [-0.15, -0.1) is 0 Å². The van der Waals surface area contributed by atoms with Crippen molar-refractivity contribution in [3.8, 4) is 0 Å². The molecule has 1 aliphatic rings. The Hall–Kier alpha value is -2.91. The molecule has 0 saturated carbocycles. The Bertz CT molecular complexity index is 1390. The van der Waals surface area contributed by atoms with E-state index in [0.29, 0.717) is 24.1 Å². The van der Waals surface area contributed by atoms with Crippen LogP contribution in [0.2, 0.25) is 0 Å². The van der Waals surface area contributed by atoms with Crippen molar-refractivity contribution >= 4 is 31.4 Å². The van der Waals surface area contributed by atoms with Gasteiger partial charge in [0.1, 0.15) is 5.82 Å². The summed E-state index contributed by atoms with van der Waals surface area (Å²) in [6.45, 7) is 3.86. The number of nitrogens with zero attached hydrogens (tertiary/aromatic N) is 1. The van der Waals surface area contributed by atoms with Crippen LogP contribution in [0.1, 0.15) is 23.1 Å². The van der Waals surface area contributed by atoms with E-state index in [-0.39, 0.29) is 22.0 Å². The second-order valence-electron chi connectivity index (χ2n) is 7.85. The van der Waals surface area contributed by atoms with Gasteiger partial charge in [0.15, 0.2) is 0 Å². The molecular weight excluding hydrogens is 451 g/mol. The number of benzene rings is 3. The zero-order valence-corrected chi connectivity index (χ0v) is 19.3. The molecule has 0 radical (unpaired) electrons. The van der Waals surface area contributed by atoms with Gasteiger partial charge in [-0.1, -0.05) is 23.8 Å². The fourth-order valence-corrected chi connectivity index (χ4v) is 6.71. The number of hydrogen-bond donors (Lipinski definition) is 1. The van der Waals surface area contributed by atoms with E-state index in [9.17, 15) is 21.2 Å². The van der Waals surface area contributed by atoms with Crippen LogP contribution in [0.15, 0.2) is 70.5 Å². The van der Waals surface area contributed by atoms with E-state index in [2.05, 4.69) is 4.72 Å². The molecule has 0 spiro atoms. The lowest BCUT2D eigenvalue weighted by Crippen LogP contribution is -2.35. The zero-order valence-electron chi connectivity index (χ0n) is 17.7. The first-order valence-electron chi connectivity index (χ1n) is 10.1. The Labute approximate surface area is 187 Å². The van der Waals surface area contributed by atoms with Crippen molar-refractivity contribution in [2.75, 3.05) is 15.6 Å². The van der Waals surface area contributed by atoms with Gasteiger partial charge < -0.3 is 0 Å². The van der Waals surface area contributed by atoms with Gasteiger partial charge in [-0.05, 0) is 80.3 Å². The third-order valence-corrected chi connectivity index (χ3v) is 8.80. The first-order valence-corrected chi connectivity index (χ1v) is 13.0. The molecule has 32 heavy (non-hydrogen) atoms. The van der Waals surface area contributed by atoms with E-state index in [0.717, 1.165) is 23.3 Å². The number of aryl methyl sites for hydroxylation is 3. The predicted octanol–water partition coefficient (Wildman–Crippen LogP) is 4.38. The molecule has 0 aromatic heterocycles. The molecule has 0 fully saturated rings. The maximum absolute atomic E-state index is 13.3. The SMILES string of the molecule is Cc1ccc(S(=O)(=O)Nc2ccc3c(c2)N(S(=O)(=O)c2ccc(F)cc2)CCC3)c(C)c1. The highest BCUT2D eigenvalue weighted by molar-refractivity contribution is 7.93. The molecule has 0 bridgehead atoms. The quantitative estimate of drug-likeness (QED) is 0.595. The van der Waals surface area contributed by atoms with Gasteiger partial charge in [0.05, 0.1) is 21.2 Å². The Balaban J connectivity index is 1.71. The summed E-state index contributed by atoms with van der Waals surface area (Å²) in [7, 11) is -7.78. The molecule has 0 atom stereocenters. The number of anilines is 2. The Morgan fingerprint density at radius 3 is 2.31 bits per heavy atom. The van der Waals surface area contributed by atoms with Crippen LogP contribution in [0.5, 0.6) is 0 Å². The number of sulfonamides is 2. The molecule has 9 heteroatoms. The normalized spacial score (nSPS) is 14.2. The molecule has 1 aliphatic heterocycles. The lowest BCUT2D eigenvalue weighted by Gasteiger charge is -2.31. The Morgan fingerprint density at radius 2 is 1.62 bits per heavy atom. The molecule has 0 saturated heterocycles. The molecule has 0 aliphatic carbocycles. The van der Waals surface area contributed by atoms with Crippen LogP contribution in [-0.4, -0.2) is 23.4 Å². The second-order valence-corrected chi connectivity index (χ2v) is 11.4. The molecule has 168 valence electrons. The fraction of sp³-hybridized carbons (Fsp3) is 0.217. The Kier molecular flexibility index (Phi) is 5.72. The van der Waals surface area contributed by atoms with E-state index in [1.165, 1.54) is 22.5 Å². The summed E-state index contributed by atoms with van der Waals surface area (Å²) in [6, 6.07) is 14.6. The molecule has 0 unspecified atom stereocenters. The number of hydrogen-bond acceptors (Lipinski definition) is 4. The minimum Gasteiger partial charge on any atom is -0.280 e. The average Bonchev–Trinajstić information content (AvgIpc) is 2.73. The van der Waals surface area contributed by atoms with Gasteiger partial charge >= 0.3 is 0 Å². The van der Waals surface area contributed by atoms with Crippen molar-refractivity contribution in [1.82, 2.24) is 0 Å². The topological polar surface area (TPSA) is 83.6 Å². The van der Waals surface area contributed by atoms with E-state index in [1.54, 1.807) is 37.3 Å². The zero-order chi connectivity index (χ0) is 23.1. The molecule has 3 aromatic rings. The van der Waals surface area contributed by atoms with Crippen molar-refractivity contribution < 1.29 is 21.2 Å². The number of nitrogens with one attached hydrogen (secondary N) is 1. The summed E-state index contributed by atoms with van der Waals surface area (Å²) in [5.74, 6) is -0.522. The van der Waals surface area contributed by atoms with Crippen molar-refractivity contribution in [3.63, 3.8) is 0 Å². The lowest BCUT2D eigenvalue weighted by molar-refractivity contribution is 0.585. The first-order chi connectivity index (χ1) is 15.1. The van der Waals surface area contributed by atoms with Crippen LogP contribution in [-0.2, 0) is 26.5 Å². The van der Waals surface area contributed by atoms with E-state index < -0.39 is 25.9 Å². The first kappa shape index (κ1) is 22.3. The van der Waals surface area contributed by atoms with Gasteiger partial charge in [-0.2, -0.15) is 0 Å². The third-order valence-electron chi connectivity index (χ3n) is 5.44. The predicted molar refractivity (Wildman–Crippen MR) is 122 cm³/mol. The summed E-state index contributed by atoms with van der Waals surface area (Å²) in [4.78, 5) is 0.143. The number of fused-ring (bicyclic) bond motifs is 1. The summed E-state index contributed by atoms with van der Waals surface area (Å²) in [5.41, 5.74) is 3.07. The van der Waals surface area contributed by atoms with Gasteiger partial charge in [-0.25, -0.2) is 21.2 Å². The largest absolute Gasteiger partial charge is 0.280 e. The average molecular weight is 475 g/mol. The van der Waals surface area contributed by atoms with Crippen molar-refractivity contribution in [1.29, 1.82) is 0 Å². The number of halogens is 1. The number of rotatable bonds is 5. The fourth-order valence-electron chi connectivity index (χ4n) is 3.90. The highest BCUT2D eigenvalue weighted by Crippen LogP contribution is 2.35. The van der Waals surface area contributed by atoms with Crippen LogP contribution < -0.4 is 9.03 Å². The van der Waals surface area contributed by atoms with Gasteiger partial charge in [0, 0.05) is 6.54 Å². The molecule has 0 amide bonds. The maximum Gasteiger partial charge on any atom is 0.264 e. The summed E-state index contributed by atoms with van der Waals surface area (Å²) in [5, 5.41) is 0. The van der Waals surface area contributed by atoms with Crippen LogP contribution in [0.4, 0.5) is 15.8 Å². The highest BCUT2D eigenvalue weighted by atomic mass is 32.2. The van der Waals surface area contributed by atoms with Crippen molar-refractivity contribution in [2.45, 2.75) is 36.5 Å². The van der Waals surface area contributed by atoms with E-state index in [1.807, 2.05) is 6.92 Å². The van der Waals surface area contributed by atoms with Crippen LogP contribution in [0, 0.1) is 19.7 Å². The van der Waals surface area contributed by atoms with Crippen LogP contribution in [0.25, 0.3) is 0 Å². The smallest absolute Gasteiger partial charge is 0.264 e. The van der Waals surface area contributed by atoms with Gasteiger partial charge in [-0.3, -0.25) is 9.03 Å². The molecule has 1 N–H and O–H groups in total. The molecule has 1 heterocycles. The molecule has 4 rings (SSSR count). The summed E-state index contributed by atoms with van der Waals surface area (Å²) >= 11 is 0. The minimum atomic E-state index is -3.93. The van der Waals surface area contributed by atoms with Crippen molar-refractivity contribution in [3.05, 3.63) is 83.2 Å². The van der Waals surface area contributed by atoms with Gasteiger partial charge in [0.25, 0.3) is 20.0 Å².